The lowest BCUT2D eigenvalue weighted by atomic mass is 9.64. The molecule has 1 aliphatic heterocycles. The van der Waals surface area contributed by atoms with E-state index in [1.54, 1.807) is 0 Å². The van der Waals surface area contributed by atoms with Gasteiger partial charge in [0.15, 0.2) is 0 Å². The van der Waals surface area contributed by atoms with E-state index in [2.05, 4.69) is 12.1 Å². The van der Waals surface area contributed by atoms with Crippen LogP contribution in [0.4, 0.5) is 0 Å². The Kier molecular flexibility index (Phi) is 4.49. The standard InChI is InChI=1S/C16H22ClNOS/c17-14-9-12(16(11-18)6-2-7-16)4-5-15(14)19-13-3-1-8-20-10-13/h4-5,9,13H,1-3,6-8,10-11,18H2. The molecular weight excluding hydrogens is 290 g/mol. The van der Waals surface area contributed by atoms with Gasteiger partial charge in [0.2, 0.25) is 0 Å². The molecule has 1 aliphatic carbocycles. The minimum atomic E-state index is 0.170. The monoisotopic (exact) mass is 311 g/mol. The molecule has 2 aliphatic rings. The van der Waals surface area contributed by atoms with Gasteiger partial charge in [0.1, 0.15) is 11.9 Å². The number of nitrogens with two attached hydrogens (primary N) is 1. The lowest BCUT2D eigenvalue weighted by Gasteiger charge is -2.41. The van der Waals surface area contributed by atoms with Gasteiger partial charge in [-0.05, 0) is 49.1 Å². The van der Waals surface area contributed by atoms with E-state index >= 15 is 0 Å². The summed E-state index contributed by atoms with van der Waals surface area (Å²) in [5.41, 5.74) is 7.41. The smallest absolute Gasteiger partial charge is 0.138 e. The fourth-order valence-corrected chi connectivity index (χ4v) is 4.38. The molecule has 0 aromatic heterocycles. The van der Waals surface area contributed by atoms with Gasteiger partial charge in [-0.1, -0.05) is 24.1 Å². The van der Waals surface area contributed by atoms with E-state index in [9.17, 15) is 0 Å². The normalized spacial score (nSPS) is 25.0. The van der Waals surface area contributed by atoms with Crippen molar-refractivity contribution in [3.63, 3.8) is 0 Å². The van der Waals surface area contributed by atoms with Crippen molar-refractivity contribution in [2.24, 2.45) is 5.73 Å². The summed E-state index contributed by atoms with van der Waals surface area (Å²) in [6, 6.07) is 6.26. The molecule has 1 saturated heterocycles. The molecule has 1 aromatic carbocycles. The summed E-state index contributed by atoms with van der Waals surface area (Å²) in [6.45, 7) is 0.711. The van der Waals surface area contributed by atoms with E-state index in [4.69, 9.17) is 22.1 Å². The molecule has 1 heterocycles. The number of benzene rings is 1. The lowest BCUT2D eigenvalue weighted by Crippen LogP contribution is -2.41. The summed E-state index contributed by atoms with van der Waals surface area (Å²) in [5, 5.41) is 0.734. The Morgan fingerprint density at radius 1 is 1.35 bits per heavy atom. The van der Waals surface area contributed by atoms with Crippen molar-refractivity contribution in [3.8, 4) is 5.75 Å². The molecule has 0 radical (unpaired) electrons. The average molecular weight is 312 g/mol. The van der Waals surface area contributed by atoms with E-state index in [-0.39, 0.29) is 5.41 Å². The van der Waals surface area contributed by atoms with Crippen molar-refractivity contribution in [1.29, 1.82) is 0 Å². The van der Waals surface area contributed by atoms with Crippen LogP contribution in [-0.4, -0.2) is 24.2 Å². The third-order valence-electron chi connectivity index (χ3n) is 4.66. The number of hydrogen-bond donors (Lipinski definition) is 1. The highest BCUT2D eigenvalue weighted by Crippen LogP contribution is 2.44. The van der Waals surface area contributed by atoms with E-state index in [1.807, 2.05) is 17.8 Å². The van der Waals surface area contributed by atoms with Gasteiger partial charge in [-0.15, -0.1) is 0 Å². The van der Waals surface area contributed by atoms with Crippen LogP contribution in [0.15, 0.2) is 18.2 Å². The van der Waals surface area contributed by atoms with Crippen LogP contribution in [0.5, 0.6) is 5.75 Å². The first-order chi connectivity index (χ1) is 9.73. The molecule has 0 bridgehead atoms. The number of thioether (sulfide) groups is 1. The zero-order chi connectivity index (χ0) is 14.0. The third kappa shape index (κ3) is 2.81. The third-order valence-corrected chi connectivity index (χ3v) is 6.14. The fourth-order valence-electron chi connectivity index (χ4n) is 3.12. The molecule has 1 saturated carbocycles. The van der Waals surface area contributed by atoms with Crippen LogP contribution >= 0.6 is 23.4 Å². The quantitative estimate of drug-likeness (QED) is 0.913. The molecule has 0 spiro atoms. The van der Waals surface area contributed by atoms with E-state index in [0.29, 0.717) is 12.6 Å². The van der Waals surface area contributed by atoms with Gasteiger partial charge in [-0.2, -0.15) is 11.8 Å². The van der Waals surface area contributed by atoms with Crippen LogP contribution in [0.1, 0.15) is 37.7 Å². The summed E-state index contributed by atoms with van der Waals surface area (Å²) in [7, 11) is 0. The molecule has 2 nitrogen and oxygen atoms in total. The van der Waals surface area contributed by atoms with Crippen molar-refractivity contribution in [1.82, 2.24) is 0 Å². The summed E-state index contributed by atoms with van der Waals surface area (Å²) in [4.78, 5) is 0. The number of ether oxygens (including phenoxy) is 1. The van der Waals surface area contributed by atoms with Crippen LogP contribution in [0, 0.1) is 0 Å². The molecule has 4 heteroatoms. The molecule has 1 unspecified atom stereocenters. The highest BCUT2D eigenvalue weighted by atomic mass is 35.5. The molecule has 1 aromatic rings. The van der Waals surface area contributed by atoms with Gasteiger partial charge in [0.05, 0.1) is 5.02 Å². The van der Waals surface area contributed by atoms with Crippen LogP contribution in [-0.2, 0) is 5.41 Å². The first-order valence-electron chi connectivity index (χ1n) is 7.48. The van der Waals surface area contributed by atoms with Crippen molar-refractivity contribution >= 4 is 23.4 Å². The second kappa shape index (κ2) is 6.17. The van der Waals surface area contributed by atoms with Gasteiger partial charge >= 0.3 is 0 Å². The maximum atomic E-state index is 6.42. The van der Waals surface area contributed by atoms with Gasteiger partial charge in [-0.25, -0.2) is 0 Å². The fraction of sp³-hybridized carbons (Fsp3) is 0.625. The summed E-state index contributed by atoms with van der Waals surface area (Å²) >= 11 is 8.39. The predicted molar refractivity (Wildman–Crippen MR) is 87.0 cm³/mol. The lowest BCUT2D eigenvalue weighted by molar-refractivity contribution is 0.211. The van der Waals surface area contributed by atoms with Crippen LogP contribution in [0.25, 0.3) is 0 Å². The van der Waals surface area contributed by atoms with Gasteiger partial charge in [0.25, 0.3) is 0 Å². The Morgan fingerprint density at radius 2 is 2.20 bits per heavy atom. The summed E-state index contributed by atoms with van der Waals surface area (Å²) < 4.78 is 6.06. The molecule has 2 fully saturated rings. The molecule has 1 atom stereocenters. The Morgan fingerprint density at radius 3 is 2.75 bits per heavy atom. The first-order valence-corrected chi connectivity index (χ1v) is 9.01. The van der Waals surface area contributed by atoms with Crippen molar-refractivity contribution in [3.05, 3.63) is 28.8 Å². The SMILES string of the molecule is NCC1(c2ccc(OC3CCCSC3)c(Cl)c2)CCC1. The molecular formula is C16H22ClNOS. The molecule has 110 valence electrons. The van der Waals surface area contributed by atoms with Gasteiger partial charge in [-0.3, -0.25) is 0 Å². The summed E-state index contributed by atoms with van der Waals surface area (Å²) in [6.07, 6.45) is 6.31. The van der Waals surface area contributed by atoms with Crippen molar-refractivity contribution in [2.75, 3.05) is 18.1 Å². The average Bonchev–Trinajstić information content (AvgIpc) is 2.42. The topological polar surface area (TPSA) is 35.2 Å². The minimum Gasteiger partial charge on any atom is -0.488 e. The minimum absolute atomic E-state index is 0.170. The number of rotatable bonds is 4. The highest BCUT2D eigenvalue weighted by Gasteiger charge is 2.37. The van der Waals surface area contributed by atoms with Crippen molar-refractivity contribution in [2.45, 2.75) is 43.6 Å². The molecule has 0 amide bonds. The maximum absolute atomic E-state index is 6.42. The number of halogens is 1. The first kappa shape index (κ1) is 14.6. The number of hydrogen-bond acceptors (Lipinski definition) is 3. The second-order valence-electron chi connectivity index (χ2n) is 5.94. The van der Waals surface area contributed by atoms with E-state index in [0.717, 1.165) is 22.9 Å². The maximum Gasteiger partial charge on any atom is 0.138 e. The molecule has 3 rings (SSSR count). The molecule has 2 N–H and O–H groups in total. The zero-order valence-electron chi connectivity index (χ0n) is 11.7. The van der Waals surface area contributed by atoms with E-state index in [1.165, 1.54) is 37.0 Å². The van der Waals surface area contributed by atoms with E-state index < -0.39 is 0 Å². The predicted octanol–water partition coefficient (Wildman–Crippen LogP) is 3.99. The Balaban J connectivity index is 1.73. The second-order valence-corrected chi connectivity index (χ2v) is 7.50. The van der Waals surface area contributed by atoms with Crippen LogP contribution in [0.2, 0.25) is 5.02 Å². The highest BCUT2D eigenvalue weighted by molar-refractivity contribution is 7.99. The summed E-state index contributed by atoms with van der Waals surface area (Å²) in [5.74, 6) is 3.16. The molecule has 20 heavy (non-hydrogen) atoms. The van der Waals surface area contributed by atoms with Crippen LogP contribution in [0.3, 0.4) is 0 Å². The van der Waals surface area contributed by atoms with Crippen molar-refractivity contribution < 1.29 is 4.74 Å². The largest absolute Gasteiger partial charge is 0.488 e. The van der Waals surface area contributed by atoms with Gasteiger partial charge in [0, 0.05) is 17.7 Å². The Hall–Kier alpha value is -0.380. The zero-order valence-corrected chi connectivity index (χ0v) is 13.3. The van der Waals surface area contributed by atoms with Crippen LogP contribution < -0.4 is 10.5 Å². The van der Waals surface area contributed by atoms with Gasteiger partial charge < -0.3 is 10.5 Å². The Labute approximate surface area is 130 Å². The Bertz CT molecular complexity index is 464.